The van der Waals surface area contributed by atoms with Crippen molar-refractivity contribution in [3.8, 4) is 23.3 Å². The molecule has 1 aromatic carbocycles. The lowest BCUT2D eigenvalue weighted by Gasteiger charge is -2.10. The molecule has 0 aliphatic rings. The molecule has 0 heterocycles. The Morgan fingerprint density at radius 3 is 2.76 bits per heavy atom. The van der Waals surface area contributed by atoms with Crippen molar-refractivity contribution >= 4 is 5.97 Å². The minimum absolute atomic E-state index is 0.169. The third-order valence-corrected chi connectivity index (χ3v) is 2.07. The van der Waals surface area contributed by atoms with Crippen molar-refractivity contribution in [3.63, 3.8) is 0 Å². The van der Waals surface area contributed by atoms with Crippen LogP contribution in [0.3, 0.4) is 0 Å². The molecule has 0 spiro atoms. The summed E-state index contributed by atoms with van der Waals surface area (Å²) in [5.74, 6) is 5.56. The van der Waals surface area contributed by atoms with Crippen molar-refractivity contribution < 1.29 is 19.4 Å². The summed E-state index contributed by atoms with van der Waals surface area (Å²) in [5, 5.41) is 8.86. The van der Waals surface area contributed by atoms with E-state index < -0.39 is 5.97 Å². The second-order valence-electron chi connectivity index (χ2n) is 3.20. The Labute approximate surface area is 100 Å². The summed E-state index contributed by atoms with van der Waals surface area (Å²) >= 11 is 0. The molecular weight excluding hydrogens is 220 g/mol. The summed E-state index contributed by atoms with van der Waals surface area (Å²) in [4.78, 5) is 10.8. The molecular formula is C13H14O4. The second kappa shape index (κ2) is 6.44. The van der Waals surface area contributed by atoms with Gasteiger partial charge in [-0.15, -0.1) is 11.8 Å². The zero-order chi connectivity index (χ0) is 12.7. The topological polar surface area (TPSA) is 55.8 Å². The van der Waals surface area contributed by atoms with E-state index >= 15 is 0 Å². The molecule has 4 nitrogen and oxygen atoms in total. The van der Waals surface area contributed by atoms with E-state index in [0.29, 0.717) is 24.5 Å². The number of methoxy groups -OCH3 is 1. The first-order valence-corrected chi connectivity index (χ1v) is 5.12. The Balaban J connectivity index is 2.81. The number of carboxylic acids is 1. The van der Waals surface area contributed by atoms with Gasteiger partial charge in [-0.1, -0.05) is 0 Å². The monoisotopic (exact) mass is 234 g/mol. The van der Waals surface area contributed by atoms with E-state index in [0.717, 1.165) is 0 Å². The van der Waals surface area contributed by atoms with Gasteiger partial charge in [0, 0.05) is 6.42 Å². The van der Waals surface area contributed by atoms with E-state index in [9.17, 15) is 4.79 Å². The SMILES string of the molecule is CC#CCCOc1cc(C(=O)O)ccc1OC. The third-order valence-electron chi connectivity index (χ3n) is 2.07. The van der Waals surface area contributed by atoms with Crippen molar-refractivity contribution in [1.29, 1.82) is 0 Å². The van der Waals surface area contributed by atoms with E-state index in [1.807, 2.05) is 0 Å². The van der Waals surface area contributed by atoms with Crippen molar-refractivity contribution in [1.82, 2.24) is 0 Å². The van der Waals surface area contributed by atoms with Gasteiger partial charge in [-0.2, -0.15) is 0 Å². The number of hydrogen-bond donors (Lipinski definition) is 1. The minimum Gasteiger partial charge on any atom is -0.493 e. The molecule has 0 unspecified atom stereocenters. The highest BCUT2D eigenvalue weighted by Gasteiger charge is 2.09. The number of rotatable bonds is 5. The van der Waals surface area contributed by atoms with Crippen LogP contribution in [-0.2, 0) is 0 Å². The molecule has 0 fully saturated rings. The van der Waals surface area contributed by atoms with Gasteiger partial charge in [0.2, 0.25) is 0 Å². The highest BCUT2D eigenvalue weighted by molar-refractivity contribution is 5.88. The van der Waals surface area contributed by atoms with Crippen LogP contribution >= 0.6 is 0 Å². The molecule has 0 atom stereocenters. The van der Waals surface area contributed by atoms with E-state index in [4.69, 9.17) is 14.6 Å². The van der Waals surface area contributed by atoms with Gasteiger partial charge >= 0.3 is 5.97 Å². The quantitative estimate of drug-likeness (QED) is 0.626. The van der Waals surface area contributed by atoms with Crippen molar-refractivity contribution in [2.24, 2.45) is 0 Å². The van der Waals surface area contributed by atoms with Crippen LogP contribution in [-0.4, -0.2) is 24.8 Å². The Kier molecular flexibility index (Phi) is 4.89. The first kappa shape index (κ1) is 12.9. The van der Waals surface area contributed by atoms with E-state index in [1.54, 1.807) is 13.0 Å². The summed E-state index contributed by atoms with van der Waals surface area (Å²) < 4.78 is 10.5. The molecule has 0 aromatic heterocycles. The summed E-state index contributed by atoms with van der Waals surface area (Å²) in [6.45, 7) is 2.16. The lowest BCUT2D eigenvalue weighted by atomic mass is 10.2. The van der Waals surface area contributed by atoms with E-state index in [2.05, 4.69) is 11.8 Å². The second-order valence-corrected chi connectivity index (χ2v) is 3.20. The summed E-state index contributed by atoms with van der Waals surface area (Å²) in [6.07, 6.45) is 0.594. The van der Waals surface area contributed by atoms with Crippen LogP contribution in [0.2, 0.25) is 0 Å². The van der Waals surface area contributed by atoms with Gasteiger partial charge in [-0.25, -0.2) is 4.79 Å². The van der Waals surface area contributed by atoms with E-state index in [-0.39, 0.29) is 5.56 Å². The number of aromatic carboxylic acids is 1. The van der Waals surface area contributed by atoms with Crippen LogP contribution in [0.15, 0.2) is 18.2 Å². The van der Waals surface area contributed by atoms with Gasteiger partial charge in [0.05, 0.1) is 19.3 Å². The average molecular weight is 234 g/mol. The number of carboxylic acid groups (broad SMARTS) is 1. The molecule has 1 N–H and O–H groups in total. The number of carbonyl (C=O) groups is 1. The Morgan fingerprint density at radius 2 is 2.18 bits per heavy atom. The van der Waals surface area contributed by atoms with Gasteiger partial charge in [-0.3, -0.25) is 0 Å². The molecule has 1 aromatic rings. The highest BCUT2D eigenvalue weighted by atomic mass is 16.5. The molecule has 0 aliphatic heterocycles. The summed E-state index contributed by atoms with van der Waals surface area (Å²) in [5.41, 5.74) is 0.169. The first-order chi connectivity index (χ1) is 8.19. The van der Waals surface area contributed by atoms with Gasteiger partial charge < -0.3 is 14.6 Å². The maximum atomic E-state index is 10.8. The molecule has 17 heavy (non-hydrogen) atoms. The average Bonchev–Trinajstić information content (AvgIpc) is 2.34. The van der Waals surface area contributed by atoms with Crippen molar-refractivity contribution in [2.45, 2.75) is 13.3 Å². The van der Waals surface area contributed by atoms with Gasteiger partial charge in [0.15, 0.2) is 11.5 Å². The molecule has 90 valence electrons. The molecule has 0 amide bonds. The van der Waals surface area contributed by atoms with Crippen molar-refractivity contribution in [2.75, 3.05) is 13.7 Å². The molecule has 0 aliphatic carbocycles. The summed E-state index contributed by atoms with van der Waals surface area (Å²) in [7, 11) is 1.51. The zero-order valence-electron chi connectivity index (χ0n) is 9.82. The lowest BCUT2D eigenvalue weighted by Crippen LogP contribution is -2.02. The predicted octanol–water partition coefficient (Wildman–Crippen LogP) is 2.19. The predicted molar refractivity (Wildman–Crippen MR) is 63.5 cm³/mol. The number of ether oxygens (including phenoxy) is 2. The maximum absolute atomic E-state index is 10.8. The fraction of sp³-hybridized carbons (Fsp3) is 0.308. The first-order valence-electron chi connectivity index (χ1n) is 5.12. The standard InChI is InChI=1S/C13H14O4/c1-3-4-5-8-17-12-9-10(13(14)15)6-7-11(12)16-2/h6-7,9H,5,8H2,1-2H3,(H,14,15). The molecule has 0 bridgehead atoms. The Hall–Kier alpha value is -2.15. The Morgan fingerprint density at radius 1 is 1.41 bits per heavy atom. The highest BCUT2D eigenvalue weighted by Crippen LogP contribution is 2.28. The maximum Gasteiger partial charge on any atom is 0.335 e. The van der Waals surface area contributed by atoms with Gasteiger partial charge in [0.25, 0.3) is 0 Å². The van der Waals surface area contributed by atoms with Gasteiger partial charge in [0.1, 0.15) is 0 Å². The molecule has 0 saturated carbocycles. The fourth-order valence-corrected chi connectivity index (χ4v) is 1.26. The van der Waals surface area contributed by atoms with Crippen LogP contribution in [0.25, 0.3) is 0 Å². The summed E-state index contributed by atoms with van der Waals surface area (Å²) in [6, 6.07) is 4.49. The fourth-order valence-electron chi connectivity index (χ4n) is 1.26. The molecule has 0 saturated heterocycles. The Bertz CT molecular complexity index is 454. The van der Waals surface area contributed by atoms with Crippen molar-refractivity contribution in [3.05, 3.63) is 23.8 Å². The van der Waals surface area contributed by atoms with Crippen LogP contribution in [0.5, 0.6) is 11.5 Å². The van der Waals surface area contributed by atoms with E-state index in [1.165, 1.54) is 19.2 Å². The third kappa shape index (κ3) is 3.72. The van der Waals surface area contributed by atoms with Crippen LogP contribution < -0.4 is 9.47 Å². The minimum atomic E-state index is -0.995. The zero-order valence-corrected chi connectivity index (χ0v) is 9.82. The van der Waals surface area contributed by atoms with Crippen LogP contribution in [0.1, 0.15) is 23.7 Å². The molecule has 0 radical (unpaired) electrons. The largest absolute Gasteiger partial charge is 0.493 e. The molecule has 1 rings (SSSR count). The smallest absolute Gasteiger partial charge is 0.335 e. The van der Waals surface area contributed by atoms with Gasteiger partial charge in [-0.05, 0) is 25.1 Å². The number of benzene rings is 1. The lowest BCUT2D eigenvalue weighted by molar-refractivity contribution is 0.0696. The molecule has 4 heteroatoms. The number of hydrogen-bond acceptors (Lipinski definition) is 3. The van der Waals surface area contributed by atoms with Crippen LogP contribution in [0, 0.1) is 11.8 Å². The van der Waals surface area contributed by atoms with Crippen LogP contribution in [0.4, 0.5) is 0 Å². The normalized spacial score (nSPS) is 9.06.